The van der Waals surface area contributed by atoms with Gasteiger partial charge in [-0.1, -0.05) is 102 Å². The second-order valence-electron chi connectivity index (χ2n) is 9.97. The molecule has 0 saturated carbocycles. The molecule has 0 spiro atoms. The number of nitriles is 1. The number of thiazole rings is 1. The Morgan fingerprint density at radius 2 is 1.64 bits per heavy atom. The zero-order valence-electron chi connectivity index (χ0n) is 23.8. The van der Waals surface area contributed by atoms with Crippen LogP contribution in [-0.4, -0.2) is 17.1 Å². The highest BCUT2D eigenvalue weighted by Crippen LogP contribution is 2.35. The van der Waals surface area contributed by atoms with Gasteiger partial charge in [-0.05, 0) is 42.3 Å². The number of esters is 1. The predicted molar refractivity (Wildman–Crippen MR) is 169 cm³/mol. The molecule has 0 radical (unpaired) electrons. The smallest absolute Gasteiger partial charge is 0.338 e. The summed E-state index contributed by atoms with van der Waals surface area (Å²) in [6.45, 7) is 2.23. The summed E-state index contributed by atoms with van der Waals surface area (Å²) in [6.07, 6.45) is 1.82. The van der Waals surface area contributed by atoms with Crippen LogP contribution in [0.25, 0.3) is 11.8 Å². The molecular formula is C36H27N3O4S. The molecule has 0 saturated heterocycles. The van der Waals surface area contributed by atoms with Crippen molar-refractivity contribution in [3.8, 4) is 11.8 Å². The van der Waals surface area contributed by atoms with Crippen LogP contribution in [0.5, 0.6) is 5.75 Å². The van der Waals surface area contributed by atoms with Crippen LogP contribution in [0.2, 0.25) is 0 Å². The first-order valence-electron chi connectivity index (χ1n) is 14.1. The molecule has 6 rings (SSSR count). The van der Waals surface area contributed by atoms with Crippen molar-refractivity contribution in [1.82, 2.24) is 4.57 Å². The van der Waals surface area contributed by atoms with Gasteiger partial charge in [0.05, 0.1) is 40.1 Å². The number of hydrogen-bond acceptors (Lipinski definition) is 7. The molecule has 0 N–H and O–H groups in total. The summed E-state index contributed by atoms with van der Waals surface area (Å²) >= 11 is 1.28. The fraction of sp³-hybridized carbons (Fsp3) is 0.111. The molecule has 1 aliphatic rings. The summed E-state index contributed by atoms with van der Waals surface area (Å²) in [4.78, 5) is 32.9. The van der Waals surface area contributed by atoms with Gasteiger partial charge in [0.15, 0.2) is 4.80 Å². The molecule has 44 heavy (non-hydrogen) atoms. The Morgan fingerprint density at radius 3 is 2.34 bits per heavy atom. The van der Waals surface area contributed by atoms with Crippen LogP contribution in [0.4, 0.5) is 0 Å². The van der Waals surface area contributed by atoms with Crippen molar-refractivity contribution < 1.29 is 14.3 Å². The number of rotatable bonds is 8. The van der Waals surface area contributed by atoms with Gasteiger partial charge in [-0.3, -0.25) is 9.36 Å². The van der Waals surface area contributed by atoms with Gasteiger partial charge < -0.3 is 9.47 Å². The molecule has 5 aromatic rings. The van der Waals surface area contributed by atoms with Crippen LogP contribution in [0, 0.1) is 11.3 Å². The van der Waals surface area contributed by atoms with Gasteiger partial charge in [-0.2, -0.15) is 5.26 Å². The summed E-state index contributed by atoms with van der Waals surface area (Å²) in [5, 5.41) is 9.33. The molecule has 0 amide bonds. The van der Waals surface area contributed by atoms with Crippen molar-refractivity contribution in [3.05, 3.63) is 162 Å². The van der Waals surface area contributed by atoms with Crippen LogP contribution in [-0.2, 0) is 16.1 Å². The molecule has 4 aromatic carbocycles. The lowest BCUT2D eigenvalue weighted by molar-refractivity contribution is -0.138. The maximum atomic E-state index is 14.0. The quantitative estimate of drug-likeness (QED) is 0.224. The Bertz CT molecular complexity index is 2070. The van der Waals surface area contributed by atoms with Crippen LogP contribution in [0.3, 0.4) is 0 Å². The van der Waals surface area contributed by atoms with Gasteiger partial charge in [0.1, 0.15) is 12.4 Å². The monoisotopic (exact) mass is 597 g/mol. The van der Waals surface area contributed by atoms with Gasteiger partial charge >= 0.3 is 5.97 Å². The largest absolute Gasteiger partial charge is 0.489 e. The molecule has 0 unspecified atom stereocenters. The van der Waals surface area contributed by atoms with E-state index in [2.05, 4.69) is 6.07 Å². The Kier molecular flexibility index (Phi) is 8.30. The van der Waals surface area contributed by atoms with Gasteiger partial charge in [0.25, 0.3) is 5.56 Å². The third-order valence-corrected chi connectivity index (χ3v) is 8.18. The highest BCUT2D eigenvalue weighted by molar-refractivity contribution is 7.07. The number of fused-ring (bicyclic) bond motifs is 1. The zero-order valence-corrected chi connectivity index (χ0v) is 24.7. The zero-order chi connectivity index (χ0) is 30.5. The van der Waals surface area contributed by atoms with E-state index >= 15 is 0 Å². The first kappa shape index (κ1) is 28.6. The van der Waals surface area contributed by atoms with E-state index in [4.69, 9.17) is 14.5 Å². The highest BCUT2D eigenvalue weighted by atomic mass is 32.1. The lowest BCUT2D eigenvalue weighted by Crippen LogP contribution is -2.39. The van der Waals surface area contributed by atoms with Crippen molar-refractivity contribution in [1.29, 1.82) is 5.26 Å². The first-order valence-corrected chi connectivity index (χ1v) is 14.9. The Morgan fingerprint density at radius 1 is 0.955 bits per heavy atom. The standard InChI is InChI=1S/C36H27N3O4S/c1-2-42-35(41)31-32(25-11-5-3-6-12-25)38-36-39(33(31)26-13-7-4-8-14-26)34(40)30(44-36)21-24-17-19-29(20-18-24)43-23-28-16-10-9-15-27(28)22-37/h3-21,33H,2,23H2,1H3/b30-21-/t33-/m1/s1. The van der Waals surface area contributed by atoms with Crippen LogP contribution in [0.15, 0.2) is 125 Å². The second kappa shape index (κ2) is 12.8. The van der Waals surface area contributed by atoms with Gasteiger partial charge in [-0.15, -0.1) is 0 Å². The summed E-state index contributed by atoms with van der Waals surface area (Å²) < 4.78 is 13.5. The van der Waals surface area contributed by atoms with Gasteiger partial charge in [-0.25, -0.2) is 9.79 Å². The SMILES string of the molecule is CCOC(=O)C1=C(c2ccccc2)N=c2s/c(=C\c3ccc(OCc4ccccc4C#N)cc3)c(=O)n2[C@@H]1c1ccccc1. The number of ether oxygens (including phenoxy) is 2. The van der Waals surface area contributed by atoms with E-state index in [1.54, 1.807) is 17.6 Å². The third-order valence-electron chi connectivity index (χ3n) is 7.20. The van der Waals surface area contributed by atoms with Gasteiger partial charge in [0.2, 0.25) is 0 Å². The van der Waals surface area contributed by atoms with Crippen molar-refractivity contribution in [2.75, 3.05) is 6.61 Å². The Labute approximate surface area is 257 Å². The molecule has 0 aliphatic carbocycles. The summed E-state index contributed by atoms with van der Waals surface area (Å²) in [6, 6.07) is 35.2. The van der Waals surface area contributed by atoms with E-state index in [9.17, 15) is 14.9 Å². The fourth-order valence-corrected chi connectivity index (χ4v) is 6.12. The average molecular weight is 598 g/mol. The second-order valence-corrected chi connectivity index (χ2v) is 11.0. The third kappa shape index (κ3) is 5.74. The number of nitrogens with zero attached hydrogens (tertiary/aromatic N) is 3. The maximum absolute atomic E-state index is 14.0. The number of carbonyl (C=O) groups is 1. The van der Waals surface area contributed by atoms with E-state index in [-0.39, 0.29) is 18.8 Å². The number of carbonyl (C=O) groups excluding carboxylic acids is 1. The summed E-state index contributed by atoms with van der Waals surface area (Å²) in [5.41, 5.74) is 4.31. The predicted octanol–water partition coefficient (Wildman–Crippen LogP) is 5.39. The molecule has 1 atom stereocenters. The Balaban J connectivity index is 1.41. The summed E-state index contributed by atoms with van der Waals surface area (Å²) in [5.74, 6) is 0.137. The normalized spacial score (nSPS) is 14.4. The van der Waals surface area contributed by atoms with Crippen molar-refractivity contribution in [2.45, 2.75) is 19.6 Å². The molecule has 1 aromatic heterocycles. The minimum Gasteiger partial charge on any atom is -0.489 e. The van der Waals surface area contributed by atoms with E-state index in [0.717, 1.165) is 22.3 Å². The summed E-state index contributed by atoms with van der Waals surface area (Å²) in [7, 11) is 0. The van der Waals surface area contributed by atoms with Crippen LogP contribution < -0.4 is 19.6 Å². The lowest BCUT2D eigenvalue weighted by atomic mass is 9.93. The highest BCUT2D eigenvalue weighted by Gasteiger charge is 2.35. The van der Waals surface area contributed by atoms with E-state index < -0.39 is 12.0 Å². The minimum atomic E-state index is -0.712. The van der Waals surface area contributed by atoms with Crippen LogP contribution >= 0.6 is 11.3 Å². The number of benzene rings is 4. The minimum absolute atomic E-state index is 0.195. The van der Waals surface area contributed by atoms with Crippen molar-refractivity contribution >= 4 is 29.1 Å². The molecule has 7 nitrogen and oxygen atoms in total. The molecule has 2 heterocycles. The van der Waals surface area contributed by atoms with Crippen molar-refractivity contribution in [2.24, 2.45) is 4.99 Å². The lowest BCUT2D eigenvalue weighted by Gasteiger charge is -2.25. The Hall–Kier alpha value is -5.52. The molecule has 0 fully saturated rings. The molecule has 0 bridgehead atoms. The molecule has 216 valence electrons. The molecular weight excluding hydrogens is 570 g/mol. The number of aromatic nitrogens is 1. The fourth-order valence-electron chi connectivity index (χ4n) is 5.12. The van der Waals surface area contributed by atoms with Crippen LogP contribution in [0.1, 0.15) is 40.8 Å². The van der Waals surface area contributed by atoms with E-state index in [1.165, 1.54) is 11.3 Å². The first-order chi connectivity index (χ1) is 21.6. The van der Waals surface area contributed by atoms with Crippen molar-refractivity contribution in [3.63, 3.8) is 0 Å². The topological polar surface area (TPSA) is 93.7 Å². The average Bonchev–Trinajstić information content (AvgIpc) is 3.38. The van der Waals surface area contributed by atoms with Gasteiger partial charge in [0, 0.05) is 11.1 Å². The maximum Gasteiger partial charge on any atom is 0.338 e. The van der Waals surface area contributed by atoms with E-state index in [0.29, 0.717) is 31.9 Å². The van der Waals surface area contributed by atoms with E-state index in [1.807, 2.05) is 109 Å². The number of hydrogen-bond donors (Lipinski definition) is 0. The molecule has 1 aliphatic heterocycles. The molecule has 8 heteroatoms.